The number of aliphatic hydroxyl groups excluding tert-OH is 1. The number of para-hydroxylation sites is 1. The van der Waals surface area contributed by atoms with Gasteiger partial charge in [0.25, 0.3) is 0 Å². The molecule has 4 rings (SSSR count). The van der Waals surface area contributed by atoms with Crippen LogP contribution < -0.4 is 5.32 Å². The normalized spacial score (nSPS) is 32.2. The molecular weight excluding hydrogens is 424 g/mol. The van der Waals surface area contributed by atoms with Crippen molar-refractivity contribution in [3.05, 3.63) is 29.3 Å². The van der Waals surface area contributed by atoms with Crippen molar-refractivity contribution in [2.75, 3.05) is 25.1 Å². The quantitative estimate of drug-likeness (QED) is 0.580. The Morgan fingerprint density at radius 3 is 2.55 bits per heavy atom. The molecule has 0 aromatic heterocycles. The number of hydrogen-bond donors (Lipinski definition) is 2. The summed E-state index contributed by atoms with van der Waals surface area (Å²) in [6.45, 7) is 7.87. The molecule has 5 atom stereocenters. The third-order valence-electron chi connectivity index (χ3n) is 7.76. The molecule has 3 fully saturated rings. The third-order valence-corrected chi connectivity index (χ3v) is 7.76. The van der Waals surface area contributed by atoms with Gasteiger partial charge in [-0.1, -0.05) is 25.1 Å². The van der Waals surface area contributed by atoms with E-state index in [1.54, 1.807) is 6.92 Å². The first-order chi connectivity index (χ1) is 15.8. The van der Waals surface area contributed by atoms with Crippen LogP contribution in [0, 0.1) is 25.7 Å². The first kappa shape index (κ1) is 23.7. The van der Waals surface area contributed by atoms with Gasteiger partial charge in [0.1, 0.15) is 17.6 Å². The number of fused-ring (bicyclic) bond motifs is 1. The van der Waals surface area contributed by atoms with Crippen LogP contribution in [0.2, 0.25) is 0 Å². The number of nitrogens with zero attached hydrogens (tertiary/aromatic N) is 1. The summed E-state index contributed by atoms with van der Waals surface area (Å²) in [5.74, 6) is -2.52. The van der Waals surface area contributed by atoms with Crippen molar-refractivity contribution in [3.63, 3.8) is 0 Å². The largest absolute Gasteiger partial charge is 0.466 e. The maximum atomic E-state index is 13.8. The number of anilines is 1. The number of benzene rings is 1. The third kappa shape index (κ3) is 3.46. The van der Waals surface area contributed by atoms with Gasteiger partial charge in [-0.05, 0) is 57.6 Å². The lowest BCUT2D eigenvalue weighted by molar-refractivity contribution is -0.160. The molecule has 0 radical (unpaired) electrons. The van der Waals surface area contributed by atoms with Crippen LogP contribution >= 0.6 is 0 Å². The number of nitrogens with one attached hydrogen (secondary N) is 1. The van der Waals surface area contributed by atoms with E-state index in [2.05, 4.69) is 5.32 Å². The fourth-order valence-electron chi connectivity index (χ4n) is 6.29. The van der Waals surface area contributed by atoms with E-state index >= 15 is 0 Å². The summed E-state index contributed by atoms with van der Waals surface area (Å²) in [5.41, 5.74) is 0.689. The molecule has 2 unspecified atom stereocenters. The molecule has 3 saturated heterocycles. The molecule has 2 bridgehead atoms. The monoisotopic (exact) mass is 458 g/mol. The Morgan fingerprint density at radius 2 is 1.94 bits per heavy atom. The van der Waals surface area contributed by atoms with Gasteiger partial charge < -0.3 is 24.8 Å². The Labute approximate surface area is 194 Å². The summed E-state index contributed by atoms with van der Waals surface area (Å²) < 4.78 is 12.0. The molecule has 3 aliphatic rings. The molecule has 3 heterocycles. The van der Waals surface area contributed by atoms with E-state index in [-0.39, 0.29) is 31.6 Å². The number of hydrogen-bond acceptors (Lipinski definition) is 6. The highest BCUT2D eigenvalue weighted by atomic mass is 16.6. The minimum Gasteiger partial charge on any atom is -0.466 e. The molecule has 0 saturated carbocycles. The molecule has 8 heteroatoms. The zero-order valence-corrected chi connectivity index (χ0v) is 19.8. The van der Waals surface area contributed by atoms with Crippen molar-refractivity contribution in [3.8, 4) is 0 Å². The Hall–Kier alpha value is -2.45. The standard InChI is InChI=1S/C25H34N2O6/c1-5-24-11-12-25(33-24)17(18(24)23(31)32-6-2)22(30)27(13-8-14-28)20(25)21(29)26-19-15(3)9-7-10-16(19)4/h7,9-10,17-18,20,28H,5-6,8,11-14H2,1-4H3,(H,26,29)/t17-,18+,20?,24-,25?/m0/s1. The number of ether oxygens (including phenoxy) is 2. The van der Waals surface area contributed by atoms with Crippen molar-refractivity contribution < 1.29 is 29.0 Å². The Bertz CT molecular complexity index is 944. The van der Waals surface area contributed by atoms with Gasteiger partial charge in [-0.2, -0.15) is 0 Å². The summed E-state index contributed by atoms with van der Waals surface area (Å²) in [6, 6.07) is 4.90. The summed E-state index contributed by atoms with van der Waals surface area (Å²) in [4.78, 5) is 42.1. The Balaban J connectivity index is 1.76. The number of amides is 2. The van der Waals surface area contributed by atoms with E-state index in [0.29, 0.717) is 25.7 Å². The molecule has 2 N–H and O–H groups in total. The fraction of sp³-hybridized carbons (Fsp3) is 0.640. The molecule has 8 nitrogen and oxygen atoms in total. The lowest BCUT2D eigenvalue weighted by atomic mass is 9.65. The van der Waals surface area contributed by atoms with E-state index in [1.165, 1.54) is 4.90 Å². The SMILES string of the molecule is CCOC(=O)[C@H]1[C@H]2C(=O)N(CCCO)C(C(=O)Nc3c(C)cccc3C)C23CC[C@]1(CC)O3. The van der Waals surface area contributed by atoms with E-state index in [4.69, 9.17) is 9.47 Å². The first-order valence-corrected chi connectivity index (χ1v) is 11.9. The highest BCUT2D eigenvalue weighted by Crippen LogP contribution is 2.64. The number of esters is 1. The number of carbonyl (C=O) groups is 3. The van der Waals surface area contributed by atoms with Crippen molar-refractivity contribution in [2.45, 2.75) is 70.6 Å². The van der Waals surface area contributed by atoms with E-state index in [9.17, 15) is 19.5 Å². The van der Waals surface area contributed by atoms with Gasteiger partial charge in [0.2, 0.25) is 11.8 Å². The molecule has 1 spiro atoms. The molecule has 3 aliphatic heterocycles. The molecule has 180 valence electrons. The zero-order chi connectivity index (χ0) is 24.0. The summed E-state index contributed by atoms with van der Waals surface area (Å²) in [5, 5.41) is 12.5. The molecular formula is C25H34N2O6. The van der Waals surface area contributed by atoms with Crippen LogP contribution in [-0.4, -0.2) is 64.8 Å². The smallest absolute Gasteiger partial charge is 0.312 e. The zero-order valence-electron chi connectivity index (χ0n) is 19.8. The van der Waals surface area contributed by atoms with Gasteiger partial charge in [-0.25, -0.2) is 0 Å². The van der Waals surface area contributed by atoms with Crippen LogP contribution in [0.5, 0.6) is 0 Å². The number of aliphatic hydroxyl groups is 1. The highest BCUT2D eigenvalue weighted by Gasteiger charge is 2.78. The van der Waals surface area contributed by atoms with E-state index in [1.807, 2.05) is 39.0 Å². The second kappa shape index (κ2) is 8.72. The van der Waals surface area contributed by atoms with Crippen LogP contribution in [0.4, 0.5) is 5.69 Å². The van der Waals surface area contributed by atoms with Gasteiger partial charge >= 0.3 is 5.97 Å². The fourth-order valence-corrected chi connectivity index (χ4v) is 6.29. The minimum atomic E-state index is -1.08. The Kier molecular flexibility index (Phi) is 6.26. The number of likely N-dealkylation sites (tertiary alicyclic amines) is 1. The van der Waals surface area contributed by atoms with Gasteiger partial charge in [0, 0.05) is 18.8 Å². The predicted molar refractivity (Wildman–Crippen MR) is 121 cm³/mol. The summed E-state index contributed by atoms with van der Waals surface area (Å²) >= 11 is 0. The van der Waals surface area contributed by atoms with Crippen LogP contribution in [0.25, 0.3) is 0 Å². The lowest BCUT2D eigenvalue weighted by Crippen LogP contribution is -2.53. The maximum Gasteiger partial charge on any atom is 0.312 e. The second-order valence-electron chi connectivity index (χ2n) is 9.45. The molecule has 33 heavy (non-hydrogen) atoms. The maximum absolute atomic E-state index is 13.8. The van der Waals surface area contributed by atoms with E-state index < -0.39 is 35.0 Å². The summed E-state index contributed by atoms with van der Waals surface area (Å²) in [7, 11) is 0. The van der Waals surface area contributed by atoms with Crippen molar-refractivity contribution in [1.29, 1.82) is 0 Å². The molecule has 1 aromatic rings. The van der Waals surface area contributed by atoms with Crippen LogP contribution in [-0.2, 0) is 23.9 Å². The van der Waals surface area contributed by atoms with Gasteiger partial charge in [-0.15, -0.1) is 0 Å². The van der Waals surface area contributed by atoms with Crippen LogP contribution in [0.3, 0.4) is 0 Å². The van der Waals surface area contributed by atoms with Crippen molar-refractivity contribution in [2.24, 2.45) is 11.8 Å². The molecule has 2 amide bonds. The first-order valence-electron chi connectivity index (χ1n) is 11.9. The average Bonchev–Trinajstić information content (AvgIpc) is 3.38. The molecule has 0 aliphatic carbocycles. The predicted octanol–water partition coefficient (Wildman–Crippen LogP) is 2.34. The van der Waals surface area contributed by atoms with Crippen LogP contribution in [0.15, 0.2) is 18.2 Å². The number of carbonyl (C=O) groups excluding carboxylic acids is 3. The van der Waals surface area contributed by atoms with Crippen LogP contribution in [0.1, 0.15) is 50.7 Å². The average molecular weight is 459 g/mol. The highest BCUT2D eigenvalue weighted by molar-refractivity contribution is 6.04. The van der Waals surface area contributed by atoms with Crippen molar-refractivity contribution >= 4 is 23.5 Å². The Morgan fingerprint density at radius 1 is 1.24 bits per heavy atom. The number of aryl methyl sites for hydroxylation is 2. The van der Waals surface area contributed by atoms with Gasteiger partial charge in [0.15, 0.2) is 0 Å². The molecule has 1 aromatic carbocycles. The van der Waals surface area contributed by atoms with Gasteiger partial charge in [-0.3, -0.25) is 14.4 Å². The topological polar surface area (TPSA) is 105 Å². The minimum absolute atomic E-state index is 0.103. The second-order valence-corrected chi connectivity index (χ2v) is 9.45. The van der Waals surface area contributed by atoms with Gasteiger partial charge in [0.05, 0.1) is 18.1 Å². The summed E-state index contributed by atoms with van der Waals surface area (Å²) in [6.07, 6.45) is 2.01. The lowest BCUT2D eigenvalue weighted by Gasteiger charge is -2.33. The van der Waals surface area contributed by atoms with E-state index in [0.717, 1.165) is 16.8 Å². The van der Waals surface area contributed by atoms with Crippen molar-refractivity contribution in [1.82, 2.24) is 4.90 Å². The number of rotatable bonds is 8.